The number of unbranched alkanes of at least 4 members (excludes halogenated alkanes) is 4. The van der Waals surface area contributed by atoms with Crippen molar-refractivity contribution in [1.29, 1.82) is 0 Å². The van der Waals surface area contributed by atoms with Crippen molar-refractivity contribution in [2.75, 3.05) is 152 Å². The van der Waals surface area contributed by atoms with Gasteiger partial charge in [0.25, 0.3) is 0 Å². The van der Waals surface area contributed by atoms with E-state index in [1.54, 1.807) is 24.3 Å². The summed E-state index contributed by atoms with van der Waals surface area (Å²) in [6, 6.07) is 6.94. The van der Waals surface area contributed by atoms with Gasteiger partial charge in [0.15, 0.2) is 0 Å². The summed E-state index contributed by atoms with van der Waals surface area (Å²) in [6.07, 6.45) is 7.06. The fourth-order valence-electron chi connectivity index (χ4n) is 3.97. The fourth-order valence-corrected chi connectivity index (χ4v) is 3.97. The van der Waals surface area contributed by atoms with E-state index in [1.807, 2.05) is 0 Å². The molecule has 0 aromatic heterocycles. The van der Waals surface area contributed by atoms with Crippen LogP contribution in [0.3, 0.4) is 0 Å². The maximum Gasteiger partial charge on any atom is 0.150 e. The first-order valence-electron chi connectivity index (χ1n) is 17.9. The lowest BCUT2D eigenvalue weighted by Crippen LogP contribution is -2.15. The maximum absolute atomic E-state index is 10.6. The Balaban J connectivity index is 1.62. The molecule has 0 atom stereocenters. The van der Waals surface area contributed by atoms with Crippen molar-refractivity contribution < 1.29 is 61.6 Å². The Morgan fingerprint density at radius 3 is 0.959 bits per heavy atom. The SMILES string of the molecule is CCCCCCCOCCOCCOCCOCCOCCOCCOCCOCCOCCOCCOCCOc1ccc(C=O)cc1. The maximum atomic E-state index is 10.6. The zero-order chi connectivity index (χ0) is 35.0. The van der Waals surface area contributed by atoms with Gasteiger partial charge in [-0.05, 0) is 30.7 Å². The first-order valence-corrected chi connectivity index (χ1v) is 17.9. The van der Waals surface area contributed by atoms with Crippen LogP contribution in [0, 0.1) is 0 Å². The molecule has 0 radical (unpaired) electrons. The van der Waals surface area contributed by atoms with Crippen molar-refractivity contribution in [2.24, 2.45) is 0 Å². The molecule has 0 amide bonds. The molecule has 286 valence electrons. The van der Waals surface area contributed by atoms with Crippen LogP contribution in [0.5, 0.6) is 5.75 Å². The Morgan fingerprint density at radius 1 is 0.367 bits per heavy atom. The predicted molar refractivity (Wildman–Crippen MR) is 185 cm³/mol. The normalized spacial score (nSPS) is 11.4. The van der Waals surface area contributed by atoms with Crippen molar-refractivity contribution in [3.8, 4) is 5.75 Å². The van der Waals surface area contributed by atoms with E-state index in [0.717, 1.165) is 19.3 Å². The zero-order valence-corrected chi connectivity index (χ0v) is 30.0. The van der Waals surface area contributed by atoms with Gasteiger partial charge < -0.3 is 56.8 Å². The van der Waals surface area contributed by atoms with E-state index in [1.165, 1.54) is 25.7 Å². The third-order valence-corrected chi connectivity index (χ3v) is 6.62. The molecule has 0 saturated heterocycles. The van der Waals surface area contributed by atoms with Crippen molar-refractivity contribution in [3.05, 3.63) is 29.8 Å². The molecule has 0 aliphatic carbocycles. The van der Waals surface area contributed by atoms with Crippen LogP contribution >= 0.6 is 0 Å². The smallest absolute Gasteiger partial charge is 0.150 e. The van der Waals surface area contributed by atoms with Crippen molar-refractivity contribution >= 4 is 6.29 Å². The molecule has 13 heteroatoms. The summed E-state index contributed by atoms with van der Waals surface area (Å²) >= 11 is 0. The van der Waals surface area contributed by atoms with E-state index in [9.17, 15) is 4.79 Å². The molecular weight excluding hydrogens is 640 g/mol. The van der Waals surface area contributed by atoms with Gasteiger partial charge in [0.05, 0.1) is 139 Å². The van der Waals surface area contributed by atoms with Gasteiger partial charge in [-0.1, -0.05) is 32.6 Å². The highest BCUT2D eigenvalue weighted by Gasteiger charge is 1.98. The van der Waals surface area contributed by atoms with E-state index >= 15 is 0 Å². The average Bonchev–Trinajstić information content (AvgIpc) is 3.13. The van der Waals surface area contributed by atoms with E-state index < -0.39 is 0 Å². The summed E-state index contributed by atoms with van der Waals surface area (Å²) in [5.41, 5.74) is 0.619. The second-order valence-electron chi connectivity index (χ2n) is 10.7. The quantitative estimate of drug-likeness (QED) is 0.0720. The molecule has 0 spiro atoms. The highest BCUT2D eigenvalue weighted by Crippen LogP contribution is 2.10. The third kappa shape index (κ3) is 34.5. The molecule has 0 saturated carbocycles. The molecule has 49 heavy (non-hydrogen) atoms. The van der Waals surface area contributed by atoms with Crippen LogP contribution in [-0.4, -0.2) is 158 Å². The van der Waals surface area contributed by atoms with Crippen LogP contribution in [0.4, 0.5) is 0 Å². The topological polar surface area (TPSA) is 128 Å². The highest BCUT2D eigenvalue weighted by atomic mass is 16.6. The largest absolute Gasteiger partial charge is 0.491 e. The Bertz CT molecular complexity index is 785. The minimum absolute atomic E-state index is 0.432. The Hall–Kier alpha value is -1.75. The van der Waals surface area contributed by atoms with Gasteiger partial charge >= 0.3 is 0 Å². The molecule has 1 aromatic carbocycles. The minimum Gasteiger partial charge on any atom is -0.491 e. The molecule has 0 aliphatic heterocycles. The summed E-state index contributed by atoms with van der Waals surface area (Å²) < 4.78 is 66.0. The molecule has 0 bridgehead atoms. The predicted octanol–water partition coefficient (Wildman–Crippen LogP) is 4.03. The van der Waals surface area contributed by atoms with Gasteiger partial charge in [-0.2, -0.15) is 0 Å². The van der Waals surface area contributed by atoms with E-state index in [4.69, 9.17) is 56.8 Å². The number of hydrogen-bond donors (Lipinski definition) is 0. The van der Waals surface area contributed by atoms with E-state index in [0.29, 0.717) is 157 Å². The van der Waals surface area contributed by atoms with Crippen molar-refractivity contribution in [2.45, 2.75) is 39.0 Å². The van der Waals surface area contributed by atoms with Crippen LogP contribution in [-0.2, 0) is 52.1 Å². The molecule has 0 heterocycles. The molecule has 1 aromatic rings. The summed E-state index contributed by atoms with van der Waals surface area (Å²) in [5.74, 6) is 0.705. The standard InChI is InChI=1S/C36H64O13/c1-2-3-4-5-6-11-38-12-13-39-14-15-40-16-17-41-18-19-42-20-21-43-22-23-44-24-25-45-26-27-46-28-29-47-30-31-48-32-33-49-36-9-7-35(34-37)8-10-36/h7-10,34H,2-6,11-33H2,1H3. The number of benzene rings is 1. The lowest BCUT2D eigenvalue weighted by Gasteiger charge is -2.09. The molecular formula is C36H64O13. The molecule has 0 unspecified atom stereocenters. The van der Waals surface area contributed by atoms with Crippen LogP contribution in [0.15, 0.2) is 24.3 Å². The number of ether oxygens (including phenoxy) is 12. The highest BCUT2D eigenvalue weighted by molar-refractivity contribution is 5.74. The van der Waals surface area contributed by atoms with Gasteiger partial charge in [0.1, 0.15) is 18.6 Å². The molecule has 0 fully saturated rings. The third-order valence-electron chi connectivity index (χ3n) is 6.62. The first-order chi connectivity index (χ1) is 24.4. The summed E-state index contributed by atoms with van der Waals surface area (Å²) in [7, 11) is 0. The summed E-state index contributed by atoms with van der Waals surface area (Å²) in [5, 5.41) is 0. The fraction of sp³-hybridized carbons (Fsp3) is 0.806. The second-order valence-corrected chi connectivity index (χ2v) is 10.7. The second kappa shape index (κ2) is 39.0. The van der Waals surface area contributed by atoms with E-state index in [-0.39, 0.29) is 0 Å². The molecule has 13 nitrogen and oxygen atoms in total. The van der Waals surface area contributed by atoms with Gasteiger partial charge in [-0.3, -0.25) is 4.79 Å². The van der Waals surface area contributed by atoms with Crippen LogP contribution in [0.1, 0.15) is 49.4 Å². The minimum atomic E-state index is 0.432. The molecule has 0 N–H and O–H groups in total. The molecule has 0 aliphatic rings. The van der Waals surface area contributed by atoms with Gasteiger partial charge in [-0.25, -0.2) is 0 Å². The van der Waals surface area contributed by atoms with Gasteiger partial charge in [0, 0.05) is 12.2 Å². The summed E-state index contributed by atoms with van der Waals surface area (Å²) in [6.45, 7) is 14.4. The van der Waals surface area contributed by atoms with Crippen LogP contribution in [0.2, 0.25) is 0 Å². The zero-order valence-electron chi connectivity index (χ0n) is 30.0. The van der Waals surface area contributed by atoms with E-state index in [2.05, 4.69) is 6.92 Å². The first kappa shape index (κ1) is 45.3. The Morgan fingerprint density at radius 2 is 0.653 bits per heavy atom. The molecule has 1 rings (SSSR count). The Labute approximate surface area is 294 Å². The van der Waals surface area contributed by atoms with Gasteiger partial charge in [-0.15, -0.1) is 0 Å². The average molecular weight is 705 g/mol. The number of carbonyl (C=O) groups excluding carboxylic acids is 1. The number of rotatable bonds is 41. The van der Waals surface area contributed by atoms with Gasteiger partial charge in [0.2, 0.25) is 0 Å². The summed E-state index contributed by atoms with van der Waals surface area (Å²) in [4.78, 5) is 10.6. The van der Waals surface area contributed by atoms with Crippen LogP contribution in [0.25, 0.3) is 0 Å². The van der Waals surface area contributed by atoms with Crippen molar-refractivity contribution in [3.63, 3.8) is 0 Å². The van der Waals surface area contributed by atoms with Crippen LogP contribution < -0.4 is 4.74 Å². The number of carbonyl (C=O) groups is 1. The lowest BCUT2D eigenvalue weighted by molar-refractivity contribution is -0.0277. The number of aldehydes is 1. The Kier molecular flexibility index (Phi) is 36.1. The number of hydrogen-bond acceptors (Lipinski definition) is 13. The van der Waals surface area contributed by atoms with Crippen molar-refractivity contribution in [1.82, 2.24) is 0 Å². The lowest BCUT2D eigenvalue weighted by atomic mass is 10.2. The monoisotopic (exact) mass is 704 g/mol.